The largest absolute Gasteiger partial charge is 0.280 e. The van der Waals surface area contributed by atoms with E-state index in [0.717, 1.165) is 29.2 Å². The Morgan fingerprint density at radius 2 is 1.52 bits per heavy atom. The first-order valence-corrected chi connectivity index (χ1v) is 9.65. The molecule has 0 unspecified atom stereocenters. The summed E-state index contributed by atoms with van der Waals surface area (Å²) in [6.07, 6.45) is -2.93. The van der Waals surface area contributed by atoms with E-state index in [1.54, 1.807) is 12.1 Å². The average Bonchev–Trinajstić information content (AvgIpc) is 3.10. The molecule has 4 nitrogen and oxygen atoms in total. The van der Waals surface area contributed by atoms with E-state index in [2.05, 4.69) is 4.98 Å². The van der Waals surface area contributed by atoms with Crippen LogP contribution in [-0.2, 0) is 10.0 Å². The summed E-state index contributed by atoms with van der Waals surface area (Å²) in [6.45, 7) is 0. The lowest BCUT2D eigenvalue weighted by Crippen LogP contribution is -2.11. The molecule has 0 radical (unpaired) electrons. The third-order valence-electron chi connectivity index (χ3n) is 4.49. The molecule has 2 aromatic rings. The predicted molar refractivity (Wildman–Crippen MR) is 92.6 cm³/mol. The third kappa shape index (κ3) is 4.03. The molecule has 1 heterocycles. The number of primary sulfonamides is 1. The van der Waals surface area contributed by atoms with Gasteiger partial charge in [-0.3, -0.25) is 4.98 Å². The molecule has 3 rings (SSSR count). The number of hydrogen-bond acceptors (Lipinski definition) is 3. The maximum Gasteiger partial charge on any atom is 0.280 e. The fourth-order valence-electron chi connectivity index (χ4n) is 3.24. The average molecular weight is 400 g/mol. The molecule has 0 bridgehead atoms. The van der Waals surface area contributed by atoms with E-state index >= 15 is 0 Å². The molecule has 0 atom stereocenters. The highest BCUT2D eigenvalue weighted by Crippen LogP contribution is 2.41. The number of halogens is 4. The second kappa shape index (κ2) is 7.40. The molecule has 2 N–H and O–H groups in total. The number of allylic oxidation sites excluding steroid dienone is 2. The molecule has 1 aliphatic carbocycles. The Morgan fingerprint density at radius 3 is 2.04 bits per heavy atom. The lowest BCUT2D eigenvalue weighted by molar-refractivity contribution is 0.120. The van der Waals surface area contributed by atoms with Crippen molar-refractivity contribution in [1.82, 2.24) is 4.98 Å². The topological polar surface area (TPSA) is 73.1 Å². The molecule has 1 aliphatic rings. The lowest BCUT2D eigenvalue weighted by atomic mass is 9.97. The van der Waals surface area contributed by atoms with Gasteiger partial charge >= 0.3 is 0 Å². The van der Waals surface area contributed by atoms with Crippen LogP contribution in [0.1, 0.15) is 54.5 Å². The SMILES string of the molecule is NS(=O)(=O)c1ccc(C2=C(c3cnc(C(F)F)c(C(F)F)c3)CCC2)cc1. The maximum atomic E-state index is 13.2. The summed E-state index contributed by atoms with van der Waals surface area (Å²) in [4.78, 5) is 3.53. The summed E-state index contributed by atoms with van der Waals surface area (Å²) in [5.74, 6) is 0. The number of pyridine rings is 1. The van der Waals surface area contributed by atoms with E-state index in [1.807, 2.05) is 0 Å². The molecule has 144 valence electrons. The van der Waals surface area contributed by atoms with Crippen LogP contribution < -0.4 is 5.14 Å². The van der Waals surface area contributed by atoms with Gasteiger partial charge in [0.15, 0.2) is 0 Å². The zero-order valence-corrected chi connectivity index (χ0v) is 14.8. The van der Waals surface area contributed by atoms with Gasteiger partial charge in [-0.05, 0) is 59.7 Å². The van der Waals surface area contributed by atoms with Gasteiger partial charge in [0.25, 0.3) is 12.9 Å². The zero-order valence-electron chi connectivity index (χ0n) is 14.0. The van der Waals surface area contributed by atoms with Crippen LogP contribution in [0, 0.1) is 0 Å². The van der Waals surface area contributed by atoms with Crippen molar-refractivity contribution in [2.24, 2.45) is 5.14 Å². The minimum Gasteiger partial charge on any atom is -0.254 e. The van der Waals surface area contributed by atoms with Crippen LogP contribution in [-0.4, -0.2) is 13.4 Å². The molecule has 9 heteroatoms. The van der Waals surface area contributed by atoms with Crippen molar-refractivity contribution < 1.29 is 26.0 Å². The van der Waals surface area contributed by atoms with Crippen molar-refractivity contribution in [3.8, 4) is 0 Å². The normalized spacial score (nSPS) is 15.2. The van der Waals surface area contributed by atoms with Gasteiger partial charge in [-0.1, -0.05) is 12.1 Å². The Kier molecular flexibility index (Phi) is 5.34. The van der Waals surface area contributed by atoms with Crippen molar-refractivity contribution in [2.75, 3.05) is 0 Å². The van der Waals surface area contributed by atoms with Gasteiger partial charge in [0.05, 0.1) is 4.90 Å². The summed E-state index contributed by atoms with van der Waals surface area (Å²) >= 11 is 0. The number of alkyl halides is 4. The predicted octanol–water partition coefficient (Wildman–Crippen LogP) is 4.70. The molecule has 1 aromatic carbocycles. The molecule has 0 amide bonds. The van der Waals surface area contributed by atoms with E-state index in [9.17, 15) is 26.0 Å². The van der Waals surface area contributed by atoms with Crippen molar-refractivity contribution >= 4 is 21.2 Å². The van der Waals surface area contributed by atoms with Crippen molar-refractivity contribution in [1.29, 1.82) is 0 Å². The Bertz CT molecular complexity index is 987. The minimum absolute atomic E-state index is 0.0330. The number of nitrogens with two attached hydrogens (primary N) is 1. The van der Waals surface area contributed by atoms with Crippen LogP contribution in [0.5, 0.6) is 0 Å². The fraction of sp³-hybridized carbons (Fsp3) is 0.278. The first kappa shape index (κ1) is 19.5. The smallest absolute Gasteiger partial charge is 0.254 e. The van der Waals surface area contributed by atoms with Crippen molar-refractivity contribution in [3.63, 3.8) is 0 Å². The summed E-state index contributed by atoms with van der Waals surface area (Å²) in [7, 11) is -3.82. The quantitative estimate of drug-likeness (QED) is 0.740. The van der Waals surface area contributed by atoms with Gasteiger partial charge in [0, 0.05) is 11.8 Å². The van der Waals surface area contributed by atoms with Gasteiger partial charge in [-0.25, -0.2) is 31.1 Å². The first-order chi connectivity index (χ1) is 12.7. The summed E-state index contributed by atoms with van der Waals surface area (Å²) < 4.78 is 74.9. The van der Waals surface area contributed by atoms with Crippen LogP contribution in [0.3, 0.4) is 0 Å². The number of nitrogens with zero attached hydrogens (tertiary/aromatic N) is 1. The van der Waals surface area contributed by atoms with E-state index < -0.39 is 34.1 Å². The highest BCUT2D eigenvalue weighted by molar-refractivity contribution is 7.89. The van der Waals surface area contributed by atoms with Crippen LogP contribution in [0.25, 0.3) is 11.1 Å². The Balaban J connectivity index is 2.06. The Morgan fingerprint density at radius 1 is 0.926 bits per heavy atom. The minimum atomic E-state index is -3.82. The van der Waals surface area contributed by atoms with E-state index in [4.69, 9.17) is 5.14 Å². The van der Waals surface area contributed by atoms with Crippen LogP contribution in [0.2, 0.25) is 0 Å². The van der Waals surface area contributed by atoms with Crippen LogP contribution >= 0.6 is 0 Å². The number of benzene rings is 1. The van der Waals surface area contributed by atoms with Gasteiger partial charge in [-0.2, -0.15) is 0 Å². The highest BCUT2D eigenvalue weighted by Gasteiger charge is 2.24. The second-order valence-corrected chi connectivity index (χ2v) is 7.74. The van der Waals surface area contributed by atoms with Crippen LogP contribution in [0.4, 0.5) is 17.6 Å². The summed E-state index contributed by atoms with van der Waals surface area (Å²) in [5.41, 5.74) is 1.01. The van der Waals surface area contributed by atoms with Crippen molar-refractivity contribution in [3.05, 3.63) is 58.9 Å². The van der Waals surface area contributed by atoms with E-state index in [1.165, 1.54) is 18.3 Å². The first-order valence-electron chi connectivity index (χ1n) is 8.10. The molecule has 0 saturated heterocycles. The molecule has 0 saturated carbocycles. The summed E-state index contributed by atoms with van der Waals surface area (Å²) in [6, 6.07) is 7.00. The maximum absolute atomic E-state index is 13.2. The van der Waals surface area contributed by atoms with Gasteiger partial charge < -0.3 is 0 Å². The molecule has 0 spiro atoms. The third-order valence-corrected chi connectivity index (χ3v) is 5.42. The molecule has 0 fully saturated rings. The lowest BCUT2D eigenvalue weighted by Gasteiger charge is -2.13. The van der Waals surface area contributed by atoms with E-state index in [0.29, 0.717) is 18.4 Å². The summed E-state index contributed by atoms with van der Waals surface area (Å²) in [5, 5.41) is 5.08. The second-order valence-electron chi connectivity index (χ2n) is 6.18. The molecule has 0 aliphatic heterocycles. The monoisotopic (exact) mass is 400 g/mol. The Hall–Kier alpha value is -2.26. The number of sulfonamides is 1. The van der Waals surface area contributed by atoms with Gasteiger partial charge in [0.2, 0.25) is 10.0 Å². The standard InChI is InChI=1S/C18H16F4N2O2S/c19-17(20)15-8-11(9-24-16(15)18(21)22)14-3-1-2-13(14)10-4-6-12(7-5-10)27(23,25)26/h4-9,17-18H,1-3H2,(H2,23,25,26). The fourth-order valence-corrected chi connectivity index (χ4v) is 3.76. The van der Waals surface area contributed by atoms with Gasteiger partial charge in [-0.15, -0.1) is 0 Å². The number of rotatable bonds is 5. The van der Waals surface area contributed by atoms with E-state index in [-0.39, 0.29) is 4.90 Å². The molecular formula is C18H16F4N2O2S. The zero-order chi connectivity index (χ0) is 19.8. The number of hydrogen-bond donors (Lipinski definition) is 1. The van der Waals surface area contributed by atoms with Gasteiger partial charge in [0.1, 0.15) is 5.69 Å². The Labute approximate surface area is 153 Å². The molecular weight excluding hydrogens is 384 g/mol. The molecule has 1 aromatic heterocycles. The van der Waals surface area contributed by atoms with Crippen LogP contribution in [0.15, 0.2) is 41.4 Å². The molecule has 27 heavy (non-hydrogen) atoms. The highest BCUT2D eigenvalue weighted by atomic mass is 32.2. The van der Waals surface area contributed by atoms with Crippen molar-refractivity contribution in [2.45, 2.75) is 37.0 Å². The number of aromatic nitrogens is 1.